The van der Waals surface area contributed by atoms with Gasteiger partial charge in [0, 0.05) is 41.4 Å². The normalized spacial score (nSPS) is 15.4. The van der Waals surface area contributed by atoms with Crippen LogP contribution < -0.4 is 5.32 Å². The molecule has 0 unspecified atom stereocenters. The van der Waals surface area contributed by atoms with Crippen LogP contribution in [0, 0.1) is 6.92 Å². The number of hydrogen-bond donors (Lipinski definition) is 3. The van der Waals surface area contributed by atoms with E-state index in [4.69, 9.17) is 4.74 Å². The summed E-state index contributed by atoms with van der Waals surface area (Å²) in [4.78, 5) is 10.4. The molecule has 0 aliphatic carbocycles. The number of pyridine rings is 1. The smallest absolute Gasteiger partial charge is 0.139 e. The van der Waals surface area contributed by atoms with Gasteiger partial charge in [0.1, 0.15) is 5.65 Å². The highest BCUT2D eigenvalue weighted by molar-refractivity contribution is 5.95. The number of rotatable bonds is 5. The van der Waals surface area contributed by atoms with Gasteiger partial charge in [-0.3, -0.25) is 10.00 Å². The second-order valence-electron chi connectivity index (χ2n) is 9.50. The quantitative estimate of drug-likeness (QED) is 0.397. The molecule has 3 N–H and O–H groups in total. The van der Waals surface area contributed by atoms with Crippen molar-refractivity contribution < 1.29 is 4.74 Å². The summed E-state index contributed by atoms with van der Waals surface area (Å²) < 4.78 is 5.93. The molecule has 1 aliphatic heterocycles. The molecule has 0 amide bonds. The lowest BCUT2D eigenvalue weighted by Crippen LogP contribution is -2.34. The third-order valence-corrected chi connectivity index (χ3v) is 5.91. The third kappa shape index (κ3) is 4.26. The first-order valence-corrected chi connectivity index (χ1v) is 11.1. The second kappa shape index (κ2) is 8.07. The molecule has 0 saturated heterocycles. The summed E-state index contributed by atoms with van der Waals surface area (Å²) in [5.41, 5.74) is 7.57. The van der Waals surface area contributed by atoms with Gasteiger partial charge in [0.25, 0.3) is 0 Å². The SMILES string of the molecule is Cc1cc2[nH]ncc2cc1Nc1ccnc2[nH]c(C3=CCN(COC(C)(C)C)CC3)cc12. The van der Waals surface area contributed by atoms with Gasteiger partial charge in [-0.1, -0.05) is 6.08 Å². The largest absolute Gasteiger partial charge is 0.360 e. The number of ether oxygens (including phenoxy) is 1. The second-order valence-corrected chi connectivity index (χ2v) is 9.50. The maximum absolute atomic E-state index is 5.93. The summed E-state index contributed by atoms with van der Waals surface area (Å²) in [5, 5.41) is 13.0. The molecule has 0 atom stereocenters. The van der Waals surface area contributed by atoms with Crippen LogP contribution in [0.3, 0.4) is 0 Å². The van der Waals surface area contributed by atoms with Crippen molar-refractivity contribution in [3.8, 4) is 0 Å². The van der Waals surface area contributed by atoms with Crippen molar-refractivity contribution in [2.45, 2.75) is 39.7 Å². The molecule has 7 nitrogen and oxygen atoms in total. The van der Waals surface area contributed by atoms with Gasteiger partial charge in [0.2, 0.25) is 0 Å². The van der Waals surface area contributed by atoms with Crippen LogP contribution >= 0.6 is 0 Å². The van der Waals surface area contributed by atoms with Crippen LogP contribution in [0.4, 0.5) is 11.4 Å². The summed E-state index contributed by atoms with van der Waals surface area (Å²) >= 11 is 0. The molecule has 1 aromatic carbocycles. The number of nitrogens with zero attached hydrogens (tertiary/aromatic N) is 3. The average Bonchev–Trinajstić information content (AvgIpc) is 3.39. The zero-order chi connectivity index (χ0) is 22.3. The van der Waals surface area contributed by atoms with Crippen LogP contribution in [-0.2, 0) is 4.74 Å². The minimum Gasteiger partial charge on any atom is -0.360 e. The van der Waals surface area contributed by atoms with E-state index in [0.717, 1.165) is 64.1 Å². The summed E-state index contributed by atoms with van der Waals surface area (Å²) in [6, 6.07) is 8.49. The van der Waals surface area contributed by atoms with Gasteiger partial charge < -0.3 is 15.0 Å². The number of fused-ring (bicyclic) bond motifs is 2. The topological polar surface area (TPSA) is 81.9 Å². The van der Waals surface area contributed by atoms with E-state index in [0.29, 0.717) is 6.73 Å². The van der Waals surface area contributed by atoms with Crippen LogP contribution in [0.2, 0.25) is 0 Å². The van der Waals surface area contributed by atoms with Gasteiger partial charge in [-0.05, 0) is 69.5 Å². The zero-order valence-electron chi connectivity index (χ0n) is 19.1. The lowest BCUT2D eigenvalue weighted by molar-refractivity contribution is -0.0603. The molecule has 0 spiro atoms. The summed E-state index contributed by atoms with van der Waals surface area (Å²) in [7, 11) is 0. The van der Waals surface area contributed by atoms with E-state index in [2.05, 4.69) is 82.4 Å². The molecule has 5 rings (SSSR count). The van der Waals surface area contributed by atoms with Crippen LogP contribution in [0.5, 0.6) is 0 Å². The van der Waals surface area contributed by atoms with Gasteiger partial charge in [0.05, 0.1) is 29.7 Å². The molecule has 166 valence electrons. The number of aromatic nitrogens is 4. The molecular formula is C25H30N6O. The lowest BCUT2D eigenvalue weighted by Gasteiger charge is -2.29. The Morgan fingerprint density at radius 1 is 1.19 bits per heavy atom. The van der Waals surface area contributed by atoms with Crippen molar-refractivity contribution in [2.75, 3.05) is 25.1 Å². The van der Waals surface area contributed by atoms with E-state index in [1.54, 1.807) is 0 Å². The van der Waals surface area contributed by atoms with E-state index in [9.17, 15) is 0 Å². The van der Waals surface area contributed by atoms with Gasteiger partial charge in [-0.2, -0.15) is 5.10 Å². The van der Waals surface area contributed by atoms with E-state index in [-0.39, 0.29) is 5.60 Å². The first kappa shape index (κ1) is 20.7. The average molecular weight is 431 g/mol. The van der Waals surface area contributed by atoms with Gasteiger partial charge >= 0.3 is 0 Å². The Bertz CT molecular complexity index is 1290. The monoisotopic (exact) mass is 430 g/mol. The highest BCUT2D eigenvalue weighted by atomic mass is 16.5. The minimum absolute atomic E-state index is 0.114. The van der Waals surface area contributed by atoms with Crippen molar-refractivity contribution in [1.29, 1.82) is 0 Å². The molecule has 1 aliphatic rings. The maximum Gasteiger partial charge on any atom is 0.139 e. The number of benzene rings is 1. The van der Waals surface area contributed by atoms with E-state index < -0.39 is 0 Å². The van der Waals surface area contributed by atoms with Crippen LogP contribution in [0.1, 0.15) is 38.4 Å². The molecule has 0 bridgehead atoms. The molecule has 32 heavy (non-hydrogen) atoms. The fourth-order valence-electron chi connectivity index (χ4n) is 4.05. The van der Waals surface area contributed by atoms with Crippen LogP contribution in [-0.4, -0.2) is 50.5 Å². The predicted molar refractivity (Wildman–Crippen MR) is 130 cm³/mol. The minimum atomic E-state index is -0.114. The fraction of sp³-hybridized carbons (Fsp3) is 0.360. The Kier molecular flexibility index (Phi) is 5.23. The molecule has 4 heterocycles. The van der Waals surface area contributed by atoms with Crippen molar-refractivity contribution >= 4 is 38.9 Å². The van der Waals surface area contributed by atoms with E-state index in [1.807, 2.05) is 18.5 Å². The maximum atomic E-state index is 5.93. The highest BCUT2D eigenvalue weighted by Crippen LogP contribution is 2.32. The van der Waals surface area contributed by atoms with Gasteiger partial charge in [-0.15, -0.1) is 0 Å². The molecule has 3 aromatic heterocycles. The Labute approximate surface area is 187 Å². The standard InChI is InChI=1S/C25H30N6O/c1-16-11-23-18(14-27-30-23)12-21(16)28-20-5-8-26-24-19(20)13-22(29-24)17-6-9-31(10-7-17)15-32-25(2,3)4/h5-6,8,11-14H,7,9-10,15H2,1-4H3,(H,27,30)(H2,26,28,29). The van der Waals surface area contributed by atoms with Crippen LogP contribution in [0.25, 0.3) is 27.5 Å². The first-order chi connectivity index (χ1) is 15.4. The Morgan fingerprint density at radius 3 is 2.84 bits per heavy atom. The van der Waals surface area contributed by atoms with Crippen molar-refractivity contribution in [3.63, 3.8) is 0 Å². The summed E-state index contributed by atoms with van der Waals surface area (Å²) in [6.07, 6.45) is 6.98. The van der Waals surface area contributed by atoms with Gasteiger partial charge in [0.15, 0.2) is 0 Å². The molecule has 0 fully saturated rings. The molecular weight excluding hydrogens is 400 g/mol. The number of aromatic amines is 2. The fourth-order valence-corrected chi connectivity index (χ4v) is 4.05. The number of nitrogens with one attached hydrogen (secondary N) is 3. The third-order valence-electron chi connectivity index (χ3n) is 5.91. The number of hydrogen-bond acceptors (Lipinski definition) is 5. The van der Waals surface area contributed by atoms with E-state index >= 15 is 0 Å². The summed E-state index contributed by atoms with van der Waals surface area (Å²) in [6.45, 7) is 10.9. The number of H-pyrrole nitrogens is 2. The van der Waals surface area contributed by atoms with E-state index in [1.165, 1.54) is 5.57 Å². The number of aryl methyl sites for hydroxylation is 1. The van der Waals surface area contributed by atoms with Crippen LogP contribution in [0.15, 0.2) is 42.7 Å². The Balaban J connectivity index is 1.38. The first-order valence-electron chi connectivity index (χ1n) is 11.1. The molecule has 0 radical (unpaired) electrons. The molecule has 4 aromatic rings. The van der Waals surface area contributed by atoms with Gasteiger partial charge in [-0.25, -0.2) is 4.98 Å². The van der Waals surface area contributed by atoms with Crippen molar-refractivity contribution in [3.05, 3.63) is 54.0 Å². The molecule has 7 heteroatoms. The predicted octanol–water partition coefficient (Wildman–Crippen LogP) is 5.35. The lowest BCUT2D eigenvalue weighted by atomic mass is 10.0. The Hall–Kier alpha value is -3.16. The van der Waals surface area contributed by atoms with Crippen molar-refractivity contribution in [2.24, 2.45) is 0 Å². The molecule has 0 saturated carbocycles. The zero-order valence-corrected chi connectivity index (χ0v) is 19.1. The highest BCUT2D eigenvalue weighted by Gasteiger charge is 2.18. The Morgan fingerprint density at radius 2 is 2.06 bits per heavy atom. The number of anilines is 2. The van der Waals surface area contributed by atoms with Crippen molar-refractivity contribution in [1.82, 2.24) is 25.1 Å². The summed E-state index contributed by atoms with van der Waals surface area (Å²) in [5.74, 6) is 0.